The van der Waals surface area contributed by atoms with Gasteiger partial charge in [-0.3, -0.25) is 9.78 Å². The number of hydrogen-bond donors (Lipinski definition) is 1. The summed E-state index contributed by atoms with van der Waals surface area (Å²) >= 11 is 0. The van der Waals surface area contributed by atoms with E-state index in [1.54, 1.807) is 11.0 Å². The number of ether oxygens (including phenoxy) is 1. The highest BCUT2D eigenvalue weighted by molar-refractivity contribution is 5.93. The van der Waals surface area contributed by atoms with E-state index in [0.717, 1.165) is 17.8 Å². The summed E-state index contributed by atoms with van der Waals surface area (Å²) in [5, 5.41) is 7.99. The van der Waals surface area contributed by atoms with E-state index in [9.17, 15) is 22.4 Å². The van der Waals surface area contributed by atoms with Crippen LogP contribution in [0.5, 0.6) is 5.75 Å². The van der Waals surface area contributed by atoms with Crippen LogP contribution in [-0.4, -0.2) is 46.2 Å². The number of amides is 1. The smallest absolute Gasteiger partial charge is 0.419 e. The van der Waals surface area contributed by atoms with Crippen molar-refractivity contribution in [3.05, 3.63) is 65.4 Å². The molecule has 1 fully saturated rings. The molecule has 0 aliphatic carbocycles. The topological polar surface area (TPSA) is 94.2 Å². The molecule has 7 nitrogen and oxygen atoms in total. The van der Waals surface area contributed by atoms with Crippen LogP contribution >= 0.6 is 0 Å². The third kappa shape index (κ3) is 4.78. The van der Waals surface area contributed by atoms with Crippen molar-refractivity contribution < 1.29 is 27.1 Å². The van der Waals surface area contributed by atoms with E-state index in [1.807, 2.05) is 6.07 Å². The monoisotopic (exact) mass is 475 g/mol. The van der Waals surface area contributed by atoms with E-state index in [2.05, 4.69) is 15.2 Å². The summed E-state index contributed by atoms with van der Waals surface area (Å²) in [5.41, 5.74) is 5.59. The number of anilines is 1. The molecule has 1 aliphatic rings. The molecule has 0 bridgehead atoms. The van der Waals surface area contributed by atoms with Crippen molar-refractivity contribution in [2.45, 2.75) is 24.9 Å². The van der Waals surface area contributed by atoms with Gasteiger partial charge in [0, 0.05) is 36.8 Å². The van der Waals surface area contributed by atoms with E-state index >= 15 is 0 Å². The minimum absolute atomic E-state index is 0.124. The number of hydrogen-bond acceptors (Lipinski definition) is 6. The third-order valence-corrected chi connectivity index (χ3v) is 5.80. The first-order valence-electron chi connectivity index (χ1n) is 10.5. The molecule has 1 aliphatic heterocycles. The molecule has 4 rings (SSSR count). The molecule has 0 unspecified atom stereocenters. The quantitative estimate of drug-likeness (QED) is 0.566. The molecule has 3 heterocycles. The number of nitrogens with two attached hydrogens (primary N) is 1. The molecule has 0 spiro atoms. The first-order chi connectivity index (χ1) is 16.2. The van der Waals surface area contributed by atoms with Crippen LogP contribution in [0.1, 0.15) is 40.5 Å². The van der Waals surface area contributed by atoms with Gasteiger partial charge >= 0.3 is 6.18 Å². The molecule has 1 aromatic carbocycles. The number of benzene rings is 1. The van der Waals surface area contributed by atoms with Crippen LogP contribution in [0, 0.1) is 5.82 Å². The molecule has 0 radical (unpaired) electrons. The SMILES string of the molecule is COc1cc(C(=O)N2CCC(c3ccc(N)nn3)CC2)ncc1-c1ccc(C(F)(F)F)c(F)c1. The van der Waals surface area contributed by atoms with Crippen LogP contribution in [0.3, 0.4) is 0 Å². The first kappa shape index (κ1) is 23.4. The lowest BCUT2D eigenvalue weighted by molar-refractivity contribution is -0.139. The highest BCUT2D eigenvalue weighted by Crippen LogP contribution is 2.36. The summed E-state index contributed by atoms with van der Waals surface area (Å²) in [6.07, 6.45) is -2.10. The molecular formula is C23H21F4N5O2. The molecule has 2 aromatic heterocycles. The van der Waals surface area contributed by atoms with Crippen LogP contribution in [0.2, 0.25) is 0 Å². The molecule has 3 aromatic rings. The van der Waals surface area contributed by atoms with Crippen LogP contribution in [0.25, 0.3) is 11.1 Å². The van der Waals surface area contributed by atoms with Crippen molar-refractivity contribution in [3.8, 4) is 16.9 Å². The predicted octanol–water partition coefficient (Wildman–Crippen LogP) is 4.31. The maximum absolute atomic E-state index is 14.0. The second kappa shape index (κ2) is 9.24. The lowest BCUT2D eigenvalue weighted by atomic mass is 9.93. The Morgan fingerprint density at radius 3 is 2.44 bits per heavy atom. The number of nitrogen functional groups attached to an aromatic ring is 1. The first-order valence-corrected chi connectivity index (χ1v) is 10.5. The fraction of sp³-hybridized carbons (Fsp3) is 0.304. The average Bonchev–Trinajstić information content (AvgIpc) is 2.83. The molecular weight excluding hydrogens is 454 g/mol. The maximum Gasteiger partial charge on any atom is 0.419 e. The number of methoxy groups -OCH3 is 1. The van der Waals surface area contributed by atoms with Crippen molar-refractivity contribution in [2.24, 2.45) is 0 Å². The van der Waals surface area contributed by atoms with E-state index < -0.39 is 17.6 Å². The van der Waals surface area contributed by atoms with Gasteiger partial charge in [-0.1, -0.05) is 6.07 Å². The number of piperidine rings is 1. The number of pyridine rings is 1. The molecule has 11 heteroatoms. The summed E-state index contributed by atoms with van der Waals surface area (Å²) in [4.78, 5) is 18.8. The Balaban J connectivity index is 1.50. The lowest BCUT2D eigenvalue weighted by Gasteiger charge is -2.31. The molecule has 0 saturated carbocycles. The Hall–Kier alpha value is -3.76. The van der Waals surface area contributed by atoms with Gasteiger partial charge in [-0.15, -0.1) is 5.10 Å². The predicted molar refractivity (Wildman–Crippen MR) is 116 cm³/mol. The van der Waals surface area contributed by atoms with Gasteiger partial charge in [0.15, 0.2) is 0 Å². The molecule has 1 saturated heterocycles. The molecule has 1 amide bonds. The van der Waals surface area contributed by atoms with Crippen molar-refractivity contribution in [2.75, 3.05) is 25.9 Å². The van der Waals surface area contributed by atoms with Crippen molar-refractivity contribution in [3.63, 3.8) is 0 Å². The van der Waals surface area contributed by atoms with Crippen molar-refractivity contribution in [1.29, 1.82) is 0 Å². The summed E-state index contributed by atoms with van der Waals surface area (Å²) < 4.78 is 57.9. The summed E-state index contributed by atoms with van der Waals surface area (Å²) in [7, 11) is 1.35. The number of alkyl halides is 3. The number of likely N-dealkylation sites (tertiary alicyclic amines) is 1. The van der Waals surface area contributed by atoms with Crippen LogP contribution in [-0.2, 0) is 6.18 Å². The summed E-state index contributed by atoms with van der Waals surface area (Å²) in [5.74, 6) is -0.994. The number of carbonyl (C=O) groups is 1. The number of nitrogens with zero attached hydrogens (tertiary/aromatic N) is 4. The Morgan fingerprint density at radius 2 is 1.85 bits per heavy atom. The van der Waals surface area contributed by atoms with Crippen LogP contribution < -0.4 is 10.5 Å². The minimum Gasteiger partial charge on any atom is -0.496 e. The van der Waals surface area contributed by atoms with Crippen molar-refractivity contribution >= 4 is 11.7 Å². The molecule has 2 N–H and O–H groups in total. The fourth-order valence-corrected chi connectivity index (χ4v) is 3.96. The maximum atomic E-state index is 14.0. The molecule has 34 heavy (non-hydrogen) atoms. The second-order valence-corrected chi connectivity index (χ2v) is 7.91. The number of carbonyl (C=O) groups excluding carboxylic acids is 1. The van der Waals surface area contributed by atoms with Gasteiger partial charge in [-0.25, -0.2) is 4.39 Å². The largest absolute Gasteiger partial charge is 0.496 e. The number of rotatable bonds is 4. The lowest BCUT2D eigenvalue weighted by Crippen LogP contribution is -2.38. The Morgan fingerprint density at radius 1 is 1.12 bits per heavy atom. The zero-order valence-electron chi connectivity index (χ0n) is 18.1. The van der Waals surface area contributed by atoms with Gasteiger partial charge in [0.05, 0.1) is 18.4 Å². The average molecular weight is 475 g/mol. The third-order valence-electron chi connectivity index (χ3n) is 5.80. The highest BCUT2D eigenvalue weighted by Gasteiger charge is 2.34. The summed E-state index contributed by atoms with van der Waals surface area (Å²) in [6.45, 7) is 0.983. The minimum atomic E-state index is -4.80. The van der Waals surface area contributed by atoms with E-state index in [1.165, 1.54) is 19.4 Å². The molecule has 0 atom stereocenters. The second-order valence-electron chi connectivity index (χ2n) is 7.91. The van der Waals surface area contributed by atoms with Crippen LogP contribution in [0.15, 0.2) is 42.6 Å². The van der Waals surface area contributed by atoms with Gasteiger partial charge < -0.3 is 15.4 Å². The normalized spacial score (nSPS) is 14.8. The van der Waals surface area contributed by atoms with Gasteiger partial charge in [0.2, 0.25) is 0 Å². The van der Waals surface area contributed by atoms with Crippen LogP contribution in [0.4, 0.5) is 23.4 Å². The van der Waals surface area contributed by atoms with E-state index in [4.69, 9.17) is 10.5 Å². The Labute approximate surface area is 192 Å². The fourth-order valence-electron chi connectivity index (χ4n) is 3.96. The van der Waals surface area contributed by atoms with Gasteiger partial charge in [-0.2, -0.15) is 18.3 Å². The Kier molecular flexibility index (Phi) is 6.36. The standard InChI is InChI=1S/C23H21F4N5O2/c1-34-20-11-19(29-12-15(20)14-2-3-16(17(24)10-14)23(25,26)27)22(33)32-8-6-13(7-9-32)18-4-5-21(28)31-30-18/h2-5,10-13H,6-9H2,1H3,(H2,28,31). The number of aromatic nitrogens is 3. The zero-order chi connectivity index (χ0) is 24.5. The highest BCUT2D eigenvalue weighted by atomic mass is 19.4. The zero-order valence-corrected chi connectivity index (χ0v) is 18.1. The number of halogens is 4. The Bertz CT molecular complexity index is 1190. The molecule has 178 valence electrons. The van der Waals surface area contributed by atoms with E-state index in [-0.39, 0.29) is 34.4 Å². The van der Waals surface area contributed by atoms with Gasteiger partial charge in [0.25, 0.3) is 5.91 Å². The van der Waals surface area contributed by atoms with Gasteiger partial charge in [-0.05, 0) is 42.7 Å². The van der Waals surface area contributed by atoms with Crippen molar-refractivity contribution in [1.82, 2.24) is 20.1 Å². The van der Waals surface area contributed by atoms with E-state index in [0.29, 0.717) is 37.8 Å². The summed E-state index contributed by atoms with van der Waals surface area (Å²) in [6, 6.07) is 7.51. The van der Waals surface area contributed by atoms with Gasteiger partial charge in [0.1, 0.15) is 23.1 Å².